The molecule has 2 heterocycles. The summed E-state index contributed by atoms with van der Waals surface area (Å²) in [6.07, 6.45) is 0.772. The van der Waals surface area contributed by atoms with E-state index in [0.29, 0.717) is 16.2 Å². The first kappa shape index (κ1) is 24.9. The summed E-state index contributed by atoms with van der Waals surface area (Å²) in [7, 11) is 3.38. The molecule has 4 rings (SSSR count). The van der Waals surface area contributed by atoms with Gasteiger partial charge >= 0.3 is 0 Å². The Morgan fingerprint density at radius 3 is 2.57 bits per heavy atom. The molecule has 4 aromatic rings. The van der Waals surface area contributed by atoms with E-state index in [1.54, 1.807) is 67.4 Å². The molecule has 182 valence electrons. The van der Waals surface area contributed by atoms with E-state index in [1.807, 2.05) is 12.1 Å². The first-order chi connectivity index (χ1) is 16.9. The number of carbonyl (C=O) groups excluding carboxylic acids is 1. The third-order valence-corrected chi connectivity index (χ3v) is 6.98. The van der Waals surface area contributed by atoms with E-state index in [4.69, 9.17) is 21.1 Å². The van der Waals surface area contributed by atoms with Crippen molar-refractivity contribution in [3.63, 3.8) is 0 Å². The highest BCUT2D eigenvalue weighted by Gasteiger charge is 2.17. The average molecular weight is 513 g/mol. The zero-order valence-electron chi connectivity index (χ0n) is 19.3. The van der Waals surface area contributed by atoms with Crippen molar-refractivity contribution in [1.82, 2.24) is 9.88 Å². The number of ether oxygens (including phenoxy) is 2. The second-order valence-electron chi connectivity index (χ2n) is 8.03. The normalized spacial score (nSPS) is 12.0. The molecule has 9 heteroatoms. The molecule has 1 atom stereocenters. The Morgan fingerprint density at radius 1 is 1.17 bits per heavy atom. The Hall–Kier alpha value is -3.17. The number of nitrogens with one attached hydrogen (secondary N) is 1. The number of fused-ring (bicyclic) bond motifs is 1. The van der Waals surface area contributed by atoms with Gasteiger partial charge in [-0.25, -0.2) is 0 Å². The summed E-state index contributed by atoms with van der Waals surface area (Å²) in [6, 6.07) is 16.0. The number of pyridine rings is 1. The van der Waals surface area contributed by atoms with Crippen molar-refractivity contribution in [1.29, 1.82) is 0 Å². The molecule has 0 spiro atoms. The lowest BCUT2D eigenvalue weighted by atomic mass is 10.1. The van der Waals surface area contributed by atoms with Crippen molar-refractivity contribution in [2.75, 3.05) is 13.7 Å². The Labute approximate surface area is 211 Å². The van der Waals surface area contributed by atoms with Gasteiger partial charge in [0.1, 0.15) is 22.2 Å². The van der Waals surface area contributed by atoms with E-state index in [2.05, 4.69) is 5.32 Å². The SMILES string of the molecule is COc1ccc([C@H](O)COCc2cc3c(=O)c(C(=O)NCc4ccc(Cl)cc4)cn(C)c3s2)cc1. The van der Waals surface area contributed by atoms with E-state index in [9.17, 15) is 14.7 Å². The number of carbonyl (C=O) groups is 1. The number of rotatable bonds is 9. The van der Waals surface area contributed by atoms with E-state index >= 15 is 0 Å². The van der Waals surface area contributed by atoms with Gasteiger partial charge in [0.05, 0.1) is 25.7 Å². The number of aliphatic hydroxyl groups excluding tert-OH is 1. The summed E-state index contributed by atoms with van der Waals surface area (Å²) < 4.78 is 12.6. The predicted molar refractivity (Wildman–Crippen MR) is 137 cm³/mol. The van der Waals surface area contributed by atoms with Crippen LogP contribution >= 0.6 is 22.9 Å². The Morgan fingerprint density at radius 2 is 1.89 bits per heavy atom. The molecular weight excluding hydrogens is 488 g/mol. The van der Waals surface area contributed by atoms with Crippen LogP contribution in [-0.4, -0.2) is 29.3 Å². The number of nitrogens with zero attached hydrogens (tertiary/aromatic N) is 1. The van der Waals surface area contributed by atoms with Gasteiger partial charge in [-0.05, 0) is 41.5 Å². The second-order valence-corrected chi connectivity index (χ2v) is 9.58. The van der Waals surface area contributed by atoms with Crippen molar-refractivity contribution in [3.8, 4) is 5.75 Å². The summed E-state index contributed by atoms with van der Waals surface area (Å²) in [5.41, 5.74) is 1.36. The van der Waals surface area contributed by atoms with Gasteiger partial charge in [0.25, 0.3) is 5.91 Å². The molecular formula is C26H25ClN2O5S. The standard InChI is InChI=1S/C26H25ClN2O5S/c1-29-13-22(25(32)28-12-16-3-7-18(27)8-4-16)24(31)21-11-20(35-26(21)29)14-34-15-23(30)17-5-9-19(33-2)10-6-17/h3-11,13,23,30H,12,14-15H2,1-2H3,(H,28,32)/t23-/m1/s1. The lowest BCUT2D eigenvalue weighted by molar-refractivity contribution is 0.0287. The van der Waals surface area contributed by atoms with Crippen LogP contribution in [0.2, 0.25) is 5.02 Å². The number of halogens is 1. The fourth-order valence-electron chi connectivity index (χ4n) is 3.62. The van der Waals surface area contributed by atoms with Crippen LogP contribution < -0.4 is 15.5 Å². The van der Waals surface area contributed by atoms with Gasteiger partial charge in [-0.3, -0.25) is 9.59 Å². The van der Waals surface area contributed by atoms with Crippen molar-refractivity contribution < 1.29 is 19.4 Å². The summed E-state index contributed by atoms with van der Waals surface area (Å²) >= 11 is 7.31. The van der Waals surface area contributed by atoms with Crippen LogP contribution in [0, 0.1) is 0 Å². The van der Waals surface area contributed by atoms with E-state index in [-0.39, 0.29) is 30.8 Å². The Kier molecular flexibility index (Phi) is 7.87. The third-order valence-electron chi connectivity index (χ3n) is 5.53. The number of hydrogen-bond acceptors (Lipinski definition) is 6. The molecule has 2 aromatic carbocycles. The molecule has 0 saturated heterocycles. The predicted octanol–water partition coefficient (Wildman–Crippen LogP) is 4.44. The number of benzene rings is 2. The zero-order valence-corrected chi connectivity index (χ0v) is 20.9. The van der Waals surface area contributed by atoms with Gasteiger partial charge in [0.2, 0.25) is 5.43 Å². The van der Waals surface area contributed by atoms with Crippen LogP contribution in [0.15, 0.2) is 65.6 Å². The van der Waals surface area contributed by atoms with Gasteiger partial charge < -0.3 is 24.5 Å². The minimum absolute atomic E-state index is 0.0779. The van der Waals surface area contributed by atoms with Crippen molar-refractivity contribution in [3.05, 3.63) is 97.6 Å². The fraction of sp³-hybridized carbons (Fsp3) is 0.231. The maximum Gasteiger partial charge on any atom is 0.257 e. The minimum atomic E-state index is -0.780. The lowest BCUT2D eigenvalue weighted by Crippen LogP contribution is -2.29. The first-order valence-electron chi connectivity index (χ1n) is 10.9. The molecule has 7 nitrogen and oxygen atoms in total. The molecule has 35 heavy (non-hydrogen) atoms. The summed E-state index contributed by atoms with van der Waals surface area (Å²) in [5, 5.41) is 14.2. The number of aromatic nitrogens is 1. The highest BCUT2D eigenvalue weighted by Crippen LogP contribution is 2.25. The number of thiophene rings is 1. The summed E-state index contributed by atoms with van der Waals surface area (Å²) in [6.45, 7) is 0.635. The molecule has 0 bridgehead atoms. The molecule has 2 aromatic heterocycles. The van der Waals surface area contributed by atoms with Gasteiger partial charge in [0.15, 0.2) is 0 Å². The van der Waals surface area contributed by atoms with Crippen LogP contribution in [0.25, 0.3) is 10.2 Å². The molecule has 0 aliphatic heterocycles. The molecule has 1 amide bonds. The lowest BCUT2D eigenvalue weighted by Gasteiger charge is -2.11. The Bertz CT molecular complexity index is 1380. The molecule has 0 saturated carbocycles. The minimum Gasteiger partial charge on any atom is -0.497 e. The fourth-order valence-corrected chi connectivity index (χ4v) is 4.77. The van der Waals surface area contributed by atoms with Crippen molar-refractivity contribution >= 4 is 39.1 Å². The molecule has 0 aliphatic carbocycles. The number of aryl methyl sites for hydroxylation is 1. The Balaban J connectivity index is 1.42. The molecule has 0 fully saturated rings. The molecule has 0 aliphatic rings. The number of methoxy groups -OCH3 is 1. The highest BCUT2D eigenvalue weighted by molar-refractivity contribution is 7.18. The van der Waals surface area contributed by atoms with Crippen LogP contribution in [0.4, 0.5) is 0 Å². The third kappa shape index (κ3) is 5.91. The molecule has 0 radical (unpaired) electrons. The van der Waals surface area contributed by atoms with E-state index in [1.165, 1.54) is 11.3 Å². The summed E-state index contributed by atoms with van der Waals surface area (Å²) in [5.74, 6) is 0.278. The first-order valence-corrected chi connectivity index (χ1v) is 12.1. The van der Waals surface area contributed by atoms with Crippen molar-refractivity contribution in [2.45, 2.75) is 19.3 Å². The van der Waals surface area contributed by atoms with Crippen LogP contribution in [-0.2, 0) is 24.9 Å². The van der Waals surface area contributed by atoms with Crippen LogP contribution in [0.5, 0.6) is 5.75 Å². The topological polar surface area (TPSA) is 89.8 Å². The van der Waals surface area contributed by atoms with E-state index < -0.39 is 12.0 Å². The summed E-state index contributed by atoms with van der Waals surface area (Å²) in [4.78, 5) is 27.3. The highest BCUT2D eigenvalue weighted by atomic mass is 35.5. The van der Waals surface area contributed by atoms with E-state index in [0.717, 1.165) is 20.8 Å². The van der Waals surface area contributed by atoms with Crippen LogP contribution in [0.1, 0.15) is 32.5 Å². The molecule has 0 unspecified atom stereocenters. The monoisotopic (exact) mass is 512 g/mol. The van der Waals surface area contributed by atoms with Gasteiger partial charge in [-0.2, -0.15) is 0 Å². The average Bonchev–Trinajstić information content (AvgIpc) is 3.31. The maximum atomic E-state index is 13.0. The van der Waals surface area contributed by atoms with Gasteiger partial charge in [0, 0.05) is 29.7 Å². The number of hydrogen-bond donors (Lipinski definition) is 2. The van der Waals surface area contributed by atoms with Gasteiger partial charge in [-0.1, -0.05) is 35.9 Å². The van der Waals surface area contributed by atoms with Crippen LogP contribution in [0.3, 0.4) is 0 Å². The quantitative estimate of drug-likeness (QED) is 0.346. The second kappa shape index (κ2) is 11.0. The van der Waals surface area contributed by atoms with Crippen molar-refractivity contribution in [2.24, 2.45) is 7.05 Å². The van der Waals surface area contributed by atoms with Gasteiger partial charge in [-0.15, -0.1) is 11.3 Å². The number of amides is 1. The maximum absolute atomic E-state index is 13.0. The zero-order chi connectivity index (χ0) is 24.9. The smallest absolute Gasteiger partial charge is 0.257 e. The number of aliphatic hydroxyl groups is 1. The molecule has 2 N–H and O–H groups in total. The largest absolute Gasteiger partial charge is 0.497 e.